The van der Waals surface area contributed by atoms with E-state index in [1.165, 1.54) is 50.6 Å². The normalized spacial score (nSPS) is 14.0. The maximum Gasteiger partial charge on any atom is 0.408 e. The van der Waals surface area contributed by atoms with Crippen molar-refractivity contribution < 1.29 is 86.3 Å². The van der Waals surface area contributed by atoms with E-state index in [9.17, 15) is 57.9 Å². The number of aromatic nitrogens is 3. The summed E-state index contributed by atoms with van der Waals surface area (Å²) in [6, 6.07) is 37.8. The fraction of sp³-hybridized carbons (Fsp3) is 0.424. The number of pyridine rings is 3. The first-order chi connectivity index (χ1) is 50.9. The molecule has 0 radical (unpaired) electrons. The number of carbonyl (C=O) groups excluding carboxylic acids is 4. The number of amides is 2. The largest absolute Gasteiger partial charge is 0.493 e. The van der Waals surface area contributed by atoms with Gasteiger partial charge >= 0.3 is 12.2 Å². The Morgan fingerprint density at radius 3 is 1.02 bits per heavy atom. The van der Waals surface area contributed by atoms with Gasteiger partial charge < -0.3 is 76.1 Å². The smallest absolute Gasteiger partial charge is 0.408 e. The molecule has 11 N–H and O–H groups in total. The van der Waals surface area contributed by atoms with E-state index in [2.05, 4.69) is 20.6 Å². The molecule has 8 rings (SSSR count). The van der Waals surface area contributed by atoms with Crippen molar-refractivity contribution in [3.63, 3.8) is 0 Å². The topological polar surface area (TPSA) is 340 Å². The Kier molecular flexibility index (Phi) is 29.8. The molecule has 0 saturated carbocycles. The van der Waals surface area contributed by atoms with E-state index < -0.39 is 74.8 Å². The zero-order chi connectivity index (χ0) is 82.3. The minimum Gasteiger partial charge on any atom is -0.493 e. The summed E-state index contributed by atoms with van der Waals surface area (Å²) in [5.74, 6) is 0.0153. The van der Waals surface area contributed by atoms with Gasteiger partial charge in [-0.3, -0.25) is 9.59 Å². The lowest BCUT2D eigenvalue weighted by Gasteiger charge is -2.31. The maximum atomic E-state index is 13.7. The van der Waals surface area contributed by atoms with E-state index in [4.69, 9.17) is 44.9 Å². The summed E-state index contributed by atoms with van der Waals surface area (Å²) in [6.45, 7) is 29.7. The summed E-state index contributed by atoms with van der Waals surface area (Å²) in [7, 11) is 2.93. The van der Waals surface area contributed by atoms with Crippen LogP contribution in [0.25, 0.3) is 33.8 Å². The molecule has 0 spiro atoms. The number of aliphatic hydroxyl groups is 5. The Morgan fingerprint density at radius 1 is 0.436 bits per heavy atom. The molecule has 3 aromatic heterocycles. The van der Waals surface area contributed by atoms with Crippen molar-refractivity contribution in [2.45, 2.75) is 200 Å². The number of aliphatic hydroxyl groups excluding tert-OH is 2. The molecule has 5 aromatic carbocycles. The van der Waals surface area contributed by atoms with Gasteiger partial charge in [-0.15, -0.1) is 0 Å². The van der Waals surface area contributed by atoms with E-state index in [-0.39, 0.29) is 74.3 Å². The first-order valence-electron chi connectivity index (χ1n) is 36.0. The predicted octanol–water partition coefficient (Wildman–Crippen LogP) is 14.8. The zero-order valence-electron chi connectivity index (χ0n) is 66.4. The predicted molar refractivity (Wildman–Crippen MR) is 416 cm³/mol. The molecule has 0 aliphatic heterocycles. The number of ether oxygens (including phenoxy) is 6. The fourth-order valence-electron chi connectivity index (χ4n) is 10.8. The molecule has 594 valence electrons. The van der Waals surface area contributed by atoms with Crippen LogP contribution in [0.4, 0.5) is 22.8 Å². The number of nitrogens with one attached hydrogen (secondary N) is 2. The van der Waals surface area contributed by atoms with Crippen LogP contribution < -0.4 is 41.0 Å². The third-order valence-electron chi connectivity index (χ3n) is 17.4. The van der Waals surface area contributed by atoms with Crippen molar-refractivity contribution in [3.8, 4) is 56.8 Å². The van der Waals surface area contributed by atoms with Crippen LogP contribution in [-0.2, 0) is 42.9 Å². The highest BCUT2D eigenvalue weighted by Gasteiger charge is 2.35. The molecular weight excluding hydrogens is 1420 g/mol. The molecule has 0 bridgehead atoms. The van der Waals surface area contributed by atoms with Gasteiger partial charge in [0.05, 0.1) is 71.7 Å². The van der Waals surface area contributed by atoms with E-state index in [1.54, 1.807) is 193 Å². The van der Waals surface area contributed by atoms with Gasteiger partial charge in [0.25, 0.3) is 0 Å². The first-order valence-corrected chi connectivity index (χ1v) is 36.0. The number of methoxy groups -OCH3 is 2. The number of nitrogens with zero attached hydrogens (tertiary/aromatic N) is 3. The molecule has 0 aliphatic rings. The second-order valence-corrected chi connectivity index (χ2v) is 31.5. The number of benzene rings is 5. The Bertz CT molecular complexity index is 4450. The fourth-order valence-corrected chi connectivity index (χ4v) is 10.8. The molecule has 0 saturated heterocycles. The van der Waals surface area contributed by atoms with Gasteiger partial charge in [0.2, 0.25) is 0 Å². The minimum absolute atomic E-state index is 0.0125. The van der Waals surface area contributed by atoms with E-state index in [1.807, 2.05) is 33.8 Å². The summed E-state index contributed by atoms with van der Waals surface area (Å²) in [5, 5.41) is 58.4. The van der Waals surface area contributed by atoms with Crippen molar-refractivity contribution in [2.75, 3.05) is 34.0 Å². The number of rotatable bonds is 28. The second-order valence-electron chi connectivity index (χ2n) is 31.5. The van der Waals surface area contributed by atoms with E-state index in [0.29, 0.717) is 90.4 Å². The molecule has 8 aromatic rings. The Labute approximate surface area is 643 Å². The number of ketones is 2. The highest BCUT2D eigenvalue weighted by Crippen LogP contribution is 2.38. The van der Waals surface area contributed by atoms with Crippen molar-refractivity contribution in [2.24, 2.45) is 11.5 Å². The lowest BCUT2D eigenvalue weighted by molar-refractivity contribution is 0.0393. The van der Waals surface area contributed by atoms with Gasteiger partial charge in [-0.2, -0.15) is 0 Å². The molecule has 25 heteroatoms. The molecule has 2 amide bonds. The van der Waals surface area contributed by atoms with Crippen molar-refractivity contribution in [1.29, 1.82) is 0 Å². The Balaban J connectivity index is 0.000000263. The number of hydrogen-bond donors (Lipinski definition) is 9. The number of hydrogen-bond acceptors (Lipinski definition) is 20. The van der Waals surface area contributed by atoms with E-state index in [0.717, 1.165) is 5.56 Å². The third-order valence-corrected chi connectivity index (χ3v) is 17.4. The average Bonchev–Trinajstić information content (AvgIpc) is 0.802. The summed E-state index contributed by atoms with van der Waals surface area (Å²) < 4.78 is 73.1. The highest BCUT2D eigenvalue weighted by molar-refractivity contribution is 5.97. The van der Waals surface area contributed by atoms with Gasteiger partial charge in [-0.1, -0.05) is 0 Å². The number of Topliss-reactive ketones (excluding diaryl/α,β-unsaturated/α-hetero) is 2. The molecule has 3 unspecified atom stereocenters. The standard InChI is InChI=1S/C34H43FN2O7.C29H35FN2O5.C22H30FN3O3/c1-21(38)20-43-28-14-11-23(17-29(28)42-8)27(39)15-16-34(7,41)30-19-24(33(5,6)37-31(40)44-32(2,3)4)18-26(36-30)22-9-12-25(35)13-10-22;1-18(33)17-37-25-11-8-20(14-26(25)36-5)24(34)12-13-29(4,35)27-16-21(28(2,3)31)15-23(32-27)19-6-9-22(30)10-7-19;1-20(2,3)29-19(27)26-21(4,5)15-11-17(14-7-9-16(23)10-8-14)25-18(12-15)22(6,28)13-24/h9-14,17-19,21,38,41H,15-16,20H2,1-8H3,(H,37,40);6-11,14-16,18,33,35H,12-13,17,31H2,1-5H3;7-12,28H,13,24H2,1-6H3,(H,26,27)/t21-,34?;18-,29?;/m11./s1. The zero-order valence-corrected chi connectivity index (χ0v) is 66.4. The summed E-state index contributed by atoms with van der Waals surface area (Å²) in [5.41, 5.74) is 11.3. The van der Waals surface area contributed by atoms with Gasteiger partial charge in [-0.25, -0.2) is 37.7 Å². The minimum atomic E-state index is -1.55. The Morgan fingerprint density at radius 2 is 0.736 bits per heavy atom. The average molecular weight is 1520 g/mol. The van der Waals surface area contributed by atoms with Crippen LogP contribution in [0.3, 0.4) is 0 Å². The van der Waals surface area contributed by atoms with Crippen LogP contribution in [0.15, 0.2) is 146 Å². The van der Waals surface area contributed by atoms with Crippen LogP contribution in [0.5, 0.6) is 23.0 Å². The number of carbonyl (C=O) groups is 4. The second kappa shape index (κ2) is 36.8. The van der Waals surface area contributed by atoms with Crippen molar-refractivity contribution in [3.05, 3.63) is 208 Å². The lowest BCUT2D eigenvalue weighted by Crippen LogP contribution is -2.44. The van der Waals surface area contributed by atoms with Crippen LogP contribution in [0.1, 0.15) is 198 Å². The molecule has 0 fully saturated rings. The molecule has 5 atom stereocenters. The SMILES string of the molecule is CC(C)(C)OC(=O)NC(C)(C)c1cc(-c2ccc(F)cc2)nc(C(C)(O)CN)c1.COc1cc(C(=O)CCC(C)(O)c2cc(C(C)(C)N)cc(-c3ccc(F)cc3)n2)ccc1OC[C@@H](C)O.COc1cc(C(=O)CCC(C)(O)c2cc(C(C)(C)NC(=O)OC(C)(C)C)cc(-c3ccc(F)cc3)n2)ccc1OC[C@@H](C)O. The van der Waals surface area contributed by atoms with Gasteiger partial charge in [0, 0.05) is 52.7 Å². The van der Waals surface area contributed by atoms with E-state index >= 15 is 0 Å². The summed E-state index contributed by atoms with van der Waals surface area (Å²) >= 11 is 0. The quantitative estimate of drug-likeness (QED) is 0.0206. The van der Waals surface area contributed by atoms with Gasteiger partial charge in [0.15, 0.2) is 34.6 Å². The molecule has 110 heavy (non-hydrogen) atoms. The molecular formula is C85H108F3N7O15. The van der Waals surface area contributed by atoms with Crippen molar-refractivity contribution >= 4 is 23.8 Å². The monoisotopic (exact) mass is 1520 g/mol. The van der Waals surface area contributed by atoms with Gasteiger partial charge in [0.1, 0.15) is 58.7 Å². The number of halogens is 3. The maximum absolute atomic E-state index is 13.7. The lowest BCUT2D eigenvalue weighted by atomic mass is 9.87. The Hall–Kier alpha value is -9.86. The molecule has 3 heterocycles. The van der Waals surface area contributed by atoms with Crippen LogP contribution >= 0.6 is 0 Å². The number of alkyl carbamates (subject to hydrolysis) is 2. The first kappa shape index (κ1) is 89.0. The molecule has 22 nitrogen and oxygen atoms in total. The van der Waals surface area contributed by atoms with Crippen LogP contribution in [0.2, 0.25) is 0 Å². The summed E-state index contributed by atoms with van der Waals surface area (Å²) in [6.07, 6.45) is -2.30. The third kappa shape index (κ3) is 26.4. The van der Waals surface area contributed by atoms with Gasteiger partial charge in [-0.05, 0) is 293 Å². The summed E-state index contributed by atoms with van der Waals surface area (Å²) in [4.78, 5) is 65.0. The molecule has 0 aliphatic carbocycles. The van der Waals surface area contributed by atoms with Crippen LogP contribution in [-0.4, -0.2) is 122 Å². The van der Waals surface area contributed by atoms with Crippen molar-refractivity contribution in [1.82, 2.24) is 25.6 Å². The van der Waals surface area contributed by atoms with Crippen LogP contribution in [0, 0.1) is 17.5 Å². The highest BCUT2D eigenvalue weighted by atomic mass is 19.1. The number of nitrogens with two attached hydrogens (primary N) is 2.